The lowest BCUT2D eigenvalue weighted by molar-refractivity contribution is 0.794. The Balaban J connectivity index is 1.08. The average Bonchev–Trinajstić information content (AvgIpc) is 3.81. The van der Waals surface area contributed by atoms with E-state index in [2.05, 4.69) is 152 Å². The van der Waals surface area contributed by atoms with E-state index < -0.39 is 5.41 Å². The molecule has 11 rings (SSSR count). The van der Waals surface area contributed by atoms with Crippen LogP contribution in [-0.4, -0.2) is 15.0 Å². The highest BCUT2D eigenvalue weighted by Crippen LogP contribution is 2.62. The van der Waals surface area contributed by atoms with Crippen molar-refractivity contribution < 1.29 is 0 Å². The number of benzene rings is 7. The molecule has 7 aromatic carbocycles. The van der Waals surface area contributed by atoms with Crippen LogP contribution in [0.5, 0.6) is 0 Å². The Hall–Kier alpha value is -5.94. The van der Waals surface area contributed by atoms with E-state index in [1.807, 2.05) is 6.07 Å². The van der Waals surface area contributed by atoms with E-state index in [0.29, 0.717) is 11.6 Å². The zero-order chi connectivity index (χ0) is 33.7. The van der Waals surface area contributed by atoms with Gasteiger partial charge in [0.1, 0.15) is 0 Å². The van der Waals surface area contributed by atoms with E-state index in [9.17, 15) is 0 Å². The molecule has 238 valence electrons. The third-order valence-electron chi connectivity index (χ3n) is 10.7. The first-order valence-electron chi connectivity index (χ1n) is 17.1. The molecule has 0 bridgehead atoms. The minimum absolute atomic E-state index is 0.175. The molecule has 0 saturated heterocycles. The minimum atomic E-state index is -0.393. The van der Waals surface area contributed by atoms with Gasteiger partial charge in [-0.3, -0.25) is 0 Å². The third kappa shape index (κ3) is 4.03. The van der Waals surface area contributed by atoms with Crippen LogP contribution < -0.4 is 0 Å². The summed E-state index contributed by atoms with van der Waals surface area (Å²) in [4.78, 5) is 14.5. The molecule has 0 atom stereocenters. The highest BCUT2D eigenvalue weighted by atomic mass is 35.5. The number of halogens is 1. The summed E-state index contributed by atoms with van der Waals surface area (Å²) in [5.74, 6) is 1.12. The predicted molar refractivity (Wildman–Crippen MR) is 210 cm³/mol. The van der Waals surface area contributed by atoms with Crippen LogP contribution in [-0.2, 0) is 5.41 Å². The van der Waals surface area contributed by atoms with Crippen LogP contribution in [0.1, 0.15) is 22.3 Å². The van der Waals surface area contributed by atoms with Crippen molar-refractivity contribution in [3.63, 3.8) is 0 Å². The predicted octanol–water partition coefficient (Wildman–Crippen LogP) is 12.2. The van der Waals surface area contributed by atoms with E-state index in [0.717, 1.165) is 16.5 Å². The lowest BCUT2D eigenvalue weighted by Gasteiger charge is -2.30. The first-order chi connectivity index (χ1) is 25.2. The van der Waals surface area contributed by atoms with Crippen LogP contribution >= 0.6 is 22.9 Å². The van der Waals surface area contributed by atoms with Crippen LogP contribution in [0.4, 0.5) is 0 Å². The van der Waals surface area contributed by atoms with Crippen LogP contribution in [0.2, 0.25) is 5.28 Å². The molecule has 2 aliphatic rings. The van der Waals surface area contributed by atoms with Gasteiger partial charge in [0.15, 0.2) is 11.6 Å². The summed E-state index contributed by atoms with van der Waals surface area (Å²) in [6.45, 7) is 0. The fourth-order valence-corrected chi connectivity index (χ4v) is 9.99. The van der Waals surface area contributed by atoms with Gasteiger partial charge >= 0.3 is 0 Å². The molecular formula is C46H26ClN3S. The van der Waals surface area contributed by atoms with Gasteiger partial charge in [0.25, 0.3) is 0 Å². The summed E-state index contributed by atoms with van der Waals surface area (Å²) >= 11 is 8.52. The van der Waals surface area contributed by atoms with Gasteiger partial charge < -0.3 is 0 Å². The van der Waals surface area contributed by atoms with Crippen molar-refractivity contribution in [2.45, 2.75) is 5.41 Å². The van der Waals surface area contributed by atoms with Crippen LogP contribution in [0.25, 0.3) is 76.3 Å². The van der Waals surface area contributed by atoms with Crippen LogP contribution in [0.3, 0.4) is 0 Å². The normalized spacial score (nSPS) is 13.4. The zero-order valence-corrected chi connectivity index (χ0v) is 28.7. The summed E-state index contributed by atoms with van der Waals surface area (Å²) in [6.07, 6.45) is 0. The molecular weight excluding hydrogens is 662 g/mol. The fraction of sp³-hybridized carbons (Fsp3) is 0.0217. The van der Waals surface area contributed by atoms with E-state index in [-0.39, 0.29) is 5.28 Å². The summed E-state index contributed by atoms with van der Waals surface area (Å²) < 4.78 is 2.41. The van der Waals surface area contributed by atoms with Crippen molar-refractivity contribution in [3.8, 4) is 56.2 Å². The summed E-state index contributed by atoms with van der Waals surface area (Å²) in [5.41, 5.74) is 14.1. The van der Waals surface area contributed by atoms with Gasteiger partial charge in [0, 0.05) is 31.3 Å². The third-order valence-corrected chi connectivity index (χ3v) is 12.0. The van der Waals surface area contributed by atoms with E-state index in [4.69, 9.17) is 26.6 Å². The second-order valence-corrected chi connectivity index (χ2v) is 14.7. The largest absolute Gasteiger partial charge is 0.226 e. The topological polar surface area (TPSA) is 38.7 Å². The molecule has 51 heavy (non-hydrogen) atoms. The van der Waals surface area contributed by atoms with E-state index in [1.165, 1.54) is 70.4 Å². The second-order valence-electron chi connectivity index (χ2n) is 13.3. The maximum atomic E-state index is 6.73. The number of hydrogen-bond donors (Lipinski definition) is 0. The Bertz CT molecular complexity index is 2850. The minimum Gasteiger partial charge on any atom is -0.208 e. The molecule has 0 N–H and O–H groups in total. The Morgan fingerprint density at radius 2 is 1.00 bits per heavy atom. The number of fused-ring (bicyclic) bond motifs is 13. The van der Waals surface area contributed by atoms with Gasteiger partial charge in [-0.15, -0.1) is 11.3 Å². The molecule has 2 aromatic heterocycles. The molecule has 0 amide bonds. The standard InChI is InChI=1S/C46H26ClN3S/c47-45-49-43(48-44(50-45)34-16-10-20-40-42(34)33-23-21-28(26-41(33)51-40)27-11-2-1-3-12-27)29-22-24-39-35(25-29)32-15-6-9-19-38(32)46(39)36-17-7-4-13-30(36)31-14-5-8-18-37(31)46/h1-26H. The van der Waals surface area contributed by atoms with Crippen molar-refractivity contribution in [2.75, 3.05) is 0 Å². The summed E-state index contributed by atoms with van der Waals surface area (Å²) in [6, 6.07) is 56.7. The van der Waals surface area contributed by atoms with Gasteiger partial charge in [-0.25, -0.2) is 4.98 Å². The zero-order valence-electron chi connectivity index (χ0n) is 27.1. The van der Waals surface area contributed by atoms with Crippen molar-refractivity contribution in [1.29, 1.82) is 0 Å². The number of hydrogen-bond acceptors (Lipinski definition) is 4. The Labute approximate surface area is 303 Å². The fourth-order valence-electron chi connectivity index (χ4n) is 8.66. The molecule has 2 aliphatic carbocycles. The maximum absolute atomic E-state index is 6.73. The number of rotatable bonds is 3. The van der Waals surface area contributed by atoms with Gasteiger partial charge in [0.2, 0.25) is 5.28 Å². The first kappa shape index (κ1) is 28.9. The molecule has 1 spiro atoms. The number of aromatic nitrogens is 3. The van der Waals surface area contributed by atoms with Crippen LogP contribution in [0.15, 0.2) is 158 Å². The lowest BCUT2D eigenvalue weighted by atomic mass is 9.70. The second kappa shape index (κ2) is 10.8. The smallest absolute Gasteiger partial charge is 0.208 e. The molecule has 3 nitrogen and oxygen atoms in total. The van der Waals surface area contributed by atoms with Crippen LogP contribution in [0, 0.1) is 0 Å². The van der Waals surface area contributed by atoms with Crippen molar-refractivity contribution >= 4 is 43.1 Å². The van der Waals surface area contributed by atoms with Crippen molar-refractivity contribution in [2.24, 2.45) is 0 Å². The van der Waals surface area contributed by atoms with E-state index in [1.54, 1.807) is 11.3 Å². The molecule has 0 fully saturated rings. The summed E-state index contributed by atoms with van der Waals surface area (Å²) in [7, 11) is 0. The Kier molecular flexibility index (Phi) is 6.10. The quantitative estimate of drug-likeness (QED) is 0.186. The molecule has 0 aliphatic heterocycles. The summed E-state index contributed by atoms with van der Waals surface area (Å²) in [5, 5.41) is 2.49. The monoisotopic (exact) mass is 687 g/mol. The molecule has 0 saturated carbocycles. The molecule has 0 unspecified atom stereocenters. The molecule has 9 aromatic rings. The molecule has 0 radical (unpaired) electrons. The number of nitrogens with zero attached hydrogens (tertiary/aromatic N) is 3. The van der Waals surface area contributed by atoms with Gasteiger partial charge in [-0.05, 0) is 85.4 Å². The highest BCUT2D eigenvalue weighted by molar-refractivity contribution is 7.26. The lowest BCUT2D eigenvalue weighted by Crippen LogP contribution is -2.25. The molecule has 5 heteroatoms. The van der Waals surface area contributed by atoms with Crippen molar-refractivity contribution in [1.82, 2.24) is 15.0 Å². The SMILES string of the molecule is Clc1nc(-c2ccc3c(c2)-c2ccccc2C32c3ccccc3-c3ccccc32)nc(-c2cccc3sc4cc(-c5ccccc5)ccc4c23)n1. The van der Waals surface area contributed by atoms with E-state index >= 15 is 0 Å². The molecule has 2 heterocycles. The van der Waals surface area contributed by atoms with Gasteiger partial charge in [0.05, 0.1) is 5.41 Å². The number of thiophene rings is 1. The Morgan fingerprint density at radius 1 is 0.412 bits per heavy atom. The Morgan fingerprint density at radius 3 is 1.73 bits per heavy atom. The average molecular weight is 688 g/mol. The van der Waals surface area contributed by atoms with Crippen molar-refractivity contribution in [3.05, 3.63) is 185 Å². The van der Waals surface area contributed by atoms with Gasteiger partial charge in [-0.1, -0.05) is 140 Å². The highest BCUT2D eigenvalue weighted by Gasteiger charge is 2.51. The van der Waals surface area contributed by atoms with Gasteiger partial charge in [-0.2, -0.15) is 9.97 Å². The maximum Gasteiger partial charge on any atom is 0.226 e. The first-order valence-corrected chi connectivity index (χ1v) is 18.2.